The number of carbonyl (C=O) groups is 1. The Bertz CT molecular complexity index is 876. The van der Waals surface area contributed by atoms with Crippen LogP contribution in [0.2, 0.25) is 0 Å². The molecule has 5 nitrogen and oxygen atoms in total. The fourth-order valence-corrected chi connectivity index (χ4v) is 5.03. The summed E-state index contributed by atoms with van der Waals surface area (Å²) in [7, 11) is 0. The number of nitrogens with one attached hydrogen (secondary N) is 1. The quantitative estimate of drug-likeness (QED) is 0.836. The number of hydrogen-bond acceptors (Lipinski definition) is 4. The number of ether oxygens (including phenoxy) is 2. The molecule has 3 heterocycles. The number of para-hydroxylation sites is 2. The van der Waals surface area contributed by atoms with Gasteiger partial charge < -0.3 is 19.7 Å². The molecular weight excluding hydrogens is 376 g/mol. The van der Waals surface area contributed by atoms with Crippen molar-refractivity contribution in [2.75, 3.05) is 26.2 Å². The largest absolute Gasteiger partial charge is 0.485 e. The van der Waals surface area contributed by atoms with Gasteiger partial charge in [0.2, 0.25) is 5.91 Å². The third-order valence-electron chi connectivity index (χ3n) is 6.84. The molecular formula is C25H30N2O3. The molecule has 1 N–H and O–H groups in total. The Morgan fingerprint density at radius 2 is 1.70 bits per heavy atom. The van der Waals surface area contributed by atoms with Gasteiger partial charge in [0.05, 0.1) is 0 Å². The number of carbonyl (C=O) groups excluding carboxylic acids is 1. The topological polar surface area (TPSA) is 50.8 Å². The number of likely N-dealkylation sites (tertiary alicyclic amines) is 1. The number of rotatable bonds is 4. The number of hydrogen-bond donors (Lipinski definition) is 1. The lowest BCUT2D eigenvalue weighted by Crippen LogP contribution is -2.42. The van der Waals surface area contributed by atoms with Crippen molar-refractivity contribution in [3.63, 3.8) is 0 Å². The minimum absolute atomic E-state index is 0.101. The van der Waals surface area contributed by atoms with E-state index < -0.39 is 0 Å². The predicted octanol–water partition coefficient (Wildman–Crippen LogP) is 3.94. The highest BCUT2D eigenvalue weighted by atomic mass is 16.6. The molecule has 3 aliphatic rings. The summed E-state index contributed by atoms with van der Waals surface area (Å²) in [6.45, 7) is 4.30. The van der Waals surface area contributed by atoms with E-state index >= 15 is 0 Å². The molecule has 5 rings (SSSR count). The zero-order valence-corrected chi connectivity index (χ0v) is 17.4. The van der Waals surface area contributed by atoms with Crippen molar-refractivity contribution < 1.29 is 14.3 Å². The maximum absolute atomic E-state index is 12.8. The van der Waals surface area contributed by atoms with Crippen LogP contribution in [0.5, 0.6) is 11.5 Å². The van der Waals surface area contributed by atoms with E-state index in [-0.39, 0.29) is 6.10 Å². The first-order valence-corrected chi connectivity index (χ1v) is 11.2. The van der Waals surface area contributed by atoms with Gasteiger partial charge in [-0.15, -0.1) is 0 Å². The van der Waals surface area contributed by atoms with Crippen LogP contribution in [-0.4, -0.2) is 37.0 Å². The molecule has 3 aliphatic heterocycles. The summed E-state index contributed by atoms with van der Waals surface area (Å²) in [5.74, 6) is 3.20. The number of nitrogens with zero attached hydrogens (tertiary/aromatic N) is 1. The molecule has 2 aromatic carbocycles. The monoisotopic (exact) mass is 406 g/mol. The van der Waals surface area contributed by atoms with Crippen LogP contribution >= 0.6 is 0 Å². The Morgan fingerprint density at radius 1 is 0.933 bits per heavy atom. The maximum Gasteiger partial charge on any atom is 0.223 e. The molecule has 1 unspecified atom stereocenters. The van der Waals surface area contributed by atoms with Crippen LogP contribution in [0.25, 0.3) is 0 Å². The van der Waals surface area contributed by atoms with Gasteiger partial charge in [-0.3, -0.25) is 4.79 Å². The van der Waals surface area contributed by atoms with Gasteiger partial charge in [0, 0.05) is 19.5 Å². The Balaban J connectivity index is 1.17. The third-order valence-corrected chi connectivity index (χ3v) is 6.84. The van der Waals surface area contributed by atoms with Crippen molar-refractivity contribution in [1.29, 1.82) is 0 Å². The molecule has 2 aromatic rings. The first-order chi connectivity index (χ1) is 14.8. The smallest absolute Gasteiger partial charge is 0.223 e. The van der Waals surface area contributed by atoms with E-state index in [1.165, 1.54) is 18.4 Å². The molecule has 158 valence electrons. The molecule has 2 atom stereocenters. The Kier molecular flexibility index (Phi) is 5.63. The van der Waals surface area contributed by atoms with E-state index in [4.69, 9.17) is 9.47 Å². The standard InChI is InChI=1S/C25H30N2O3/c28-25-15-21(19-9-12-26-13-10-19)11-14-27(25)16-18-5-7-20(8-6-18)24-17-29-22-3-1-2-4-23(22)30-24/h1-8,19,21,24,26H,9-17H2/t21?,24-/m1/s1. The van der Waals surface area contributed by atoms with E-state index in [9.17, 15) is 4.79 Å². The fourth-order valence-electron chi connectivity index (χ4n) is 5.03. The lowest BCUT2D eigenvalue weighted by Gasteiger charge is -2.37. The molecule has 0 saturated carbocycles. The maximum atomic E-state index is 12.8. The molecule has 2 fully saturated rings. The van der Waals surface area contributed by atoms with Crippen molar-refractivity contribution in [2.45, 2.75) is 38.3 Å². The zero-order chi connectivity index (χ0) is 20.3. The van der Waals surface area contributed by atoms with Gasteiger partial charge in [-0.05, 0) is 67.4 Å². The summed E-state index contributed by atoms with van der Waals surface area (Å²) < 4.78 is 11.9. The van der Waals surface area contributed by atoms with Crippen molar-refractivity contribution in [3.8, 4) is 11.5 Å². The molecule has 0 aliphatic carbocycles. The van der Waals surface area contributed by atoms with Gasteiger partial charge in [-0.1, -0.05) is 36.4 Å². The van der Waals surface area contributed by atoms with Gasteiger partial charge in [0.25, 0.3) is 0 Å². The molecule has 2 saturated heterocycles. The summed E-state index contributed by atoms with van der Waals surface area (Å²) in [6, 6.07) is 16.2. The first kappa shape index (κ1) is 19.4. The van der Waals surface area contributed by atoms with E-state index in [1.54, 1.807) is 0 Å². The number of benzene rings is 2. The van der Waals surface area contributed by atoms with E-state index in [0.29, 0.717) is 25.0 Å². The van der Waals surface area contributed by atoms with Crippen LogP contribution in [-0.2, 0) is 11.3 Å². The lowest BCUT2D eigenvalue weighted by molar-refractivity contribution is -0.136. The molecule has 0 aromatic heterocycles. The summed E-state index contributed by atoms with van der Waals surface area (Å²) in [6.07, 6.45) is 4.20. The summed E-state index contributed by atoms with van der Waals surface area (Å²) in [4.78, 5) is 14.8. The number of fused-ring (bicyclic) bond motifs is 1. The van der Waals surface area contributed by atoms with Crippen LogP contribution in [0.4, 0.5) is 0 Å². The minimum atomic E-state index is -0.101. The minimum Gasteiger partial charge on any atom is -0.485 e. The Hall–Kier alpha value is -2.53. The summed E-state index contributed by atoms with van der Waals surface area (Å²) >= 11 is 0. The van der Waals surface area contributed by atoms with Crippen LogP contribution in [0.1, 0.15) is 42.9 Å². The van der Waals surface area contributed by atoms with Crippen molar-refractivity contribution in [2.24, 2.45) is 11.8 Å². The van der Waals surface area contributed by atoms with E-state index in [0.717, 1.165) is 55.5 Å². The second-order valence-corrected chi connectivity index (χ2v) is 8.76. The average molecular weight is 407 g/mol. The molecule has 0 bridgehead atoms. The summed E-state index contributed by atoms with van der Waals surface area (Å²) in [5.41, 5.74) is 2.27. The average Bonchev–Trinajstić information content (AvgIpc) is 2.81. The Labute approximate surface area is 178 Å². The highest BCUT2D eigenvalue weighted by Crippen LogP contribution is 2.36. The van der Waals surface area contributed by atoms with Crippen LogP contribution < -0.4 is 14.8 Å². The van der Waals surface area contributed by atoms with Gasteiger partial charge >= 0.3 is 0 Å². The second-order valence-electron chi connectivity index (χ2n) is 8.76. The second kappa shape index (κ2) is 8.68. The molecule has 0 radical (unpaired) electrons. The molecule has 30 heavy (non-hydrogen) atoms. The summed E-state index contributed by atoms with van der Waals surface area (Å²) in [5, 5.41) is 3.43. The number of amides is 1. The number of piperidine rings is 2. The molecule has 0 spiro atoms. The molecule has 1 amide bonds. The first-order valence-electron chi connectivity index (χ1n) is 11.2. The highest BCUT2D eigenvalue weighted by Gasteiger charge is 2.31. The predicted molar refractivity (Wildman–Crippen MR) is 115 cm³/mol. The van der Waals surface area contributed by atoms with Crippen LogP contribution in [0.15, 0.2) is 48.5 Å². The highest BCUT2D eigenvalue weighted by molar-refractivity contribution is 5.77. The van der Waals surface area contributed by atoms with Crippen molar-refractivity contribution in [1.82, 2.24) is 10.2 Å². The normalized spacial score (nSPS) is 24.7. The lowest BCUT2D eigenvalue weighted by atomic mass is 9.79. The van der Waals surface area contributed by atoms with Crippen LogP contribution in [0, 0.1) is 11.8 Å². The van der Waals surface area contributed by atoms with Gasteiger partial charge in [-0.25, -0.2) is 0 Å². The van der Waals surface area contributed by atoms with Gasteiger partial charge in [0.1, 0.15) is 6.61 Å². The van der Waals surface area contributed by atoms with E-state index in [2.05, 4.69) is 29.6 Å². The van der Waals surface area contributed by atoms with Crippen molar-refractivity contribution >= 4 is 5.91 Å². The third kappa shape index (κ3) is 4.17. The SMILES string of the molecule is O=C1CC(C2CCNCC2)CCN1Cc1ccc([C@H]2COc3ccccc3O2)cc1. The van der Waals surface area contributed by atoms with Crippen molar-refractivity contribution in [3.05, 3.63) is 59.7 Å². The fraction of sp³-hybridized carbons (Fsp3) is 0.480. The van der Waals surface area contributed by atoms with Gasteiger partial charge in [0.15, 0.2) is 17.6 Å². The molecule has 5 heteroatoms. The Morgan fingerprint density at radius 3 is 2.47 bits per heavy atom. The zero-order valence-electron chi connectivity index (χ0n) is 17.4. The van der Waals surface area contributed by atoms with Crippen LogP contribution in [0.3, 0.4) is 0 Å². The van der Waals surface area contributed by atoms with Gasteiger partial charge in [-0.2, -0.15) is 0 Å². The van der Waals surface area contributed by atoms with E-state index in [1.807, 2.05) is 29.2 Å².